The van der Waals surface area contributed by atoms with Crippen molar-refractivity contribution in [2.45, 2.75) is 0 Å². The topological polar surface area (TPSA) is 88.5 Å². The monoisotopic (exact) mass is 105 g/mol. The predicted molar refractivity (Wildman–Crippen MR) is 4.56 cm³/mol. The quantitative estimate of drug-likeness (QED) is 0.389. The van der Waals surface area contributed by atoms with Gasteiger partial charge in [0.15, 0.2) is 0 Å². The van der Waals surface area contributed by atoms with Crippen LogP contribution >= 0.6 is 0 Å². The van der Waals surface area contributed by atoms with Gasteiger partial charge < -0.3 is 16.4 Å². The molecule has 0 aliphatic rings. The molecule has 0 amide bonds. The Morgan fingerprint density at radius 3 is 0.750 bits per heavy atom. The van der Waals surface area contributed by atoms with Crippen molar-refractivity contribution in [2.24, 2.45) is 0 Å². The van der Waals surface area contributed by atoms with Gasteiger partial charge in [-0.25, -0.2) is 0 Å². The molecule has 0 bridgehead atoms. The first-order valence-corrected chi connectivity index (χ1v) is 0. The minimum atomic E-state index is 0. The van der Waals surface area contributed by atoms with E-state index in [-0.39, 0.29) is 33.5 Å². The molecule has 0 aromatic rings. The second-order valence-electron chi connectivity index (χ2n) is 0. The standard InChI is InChI=1S/Mn.2H2O.O/h;2*1H2;/q+4;;;-2/p-2. The van der Waals surface area contributed by atoms with Crippen molar-refractivity contribution in [3.8, 4) is 0 Å². The third kappa shape index (κ3) is 29.4. The molecular formula is H2MnO3. The van der Waals surface area contributed by atoms with Crippen molar-refractivity contribution in [3.63, 3.8) is 0 Å². The minimum Gasteiger partial charge on any atom is -2.00 e. The van der Waals surface area contributed by atoms with Gasteiger partial charge in [0.1, 0.15) is 0 Å². The van der Waals surface area contributed by atoms with E-state index in [1.807, 2.05) is 0 Å². The summed E-state index contributed by atoms with van der Waals surface area (Å²) in [6, 6.07) is 0. The zero-order chi connectivity index (χ0) is 0. The first-order chi connectivity index (χ1) is 0. The van der Waals surface area contributed by atoms with Crippen molar-refractivity contribution >= 4 is 0 Å². The Bertz CT molecular complexity index is 3.25. The van der Waals surface area contributed by atoms with Crippen molar-refractivity contribution < 1.29 is 33.5 Å². The van der Waals surface area contributed by atoms with E-state index < -0.39 is 0 Å². The molecular weight excluding hydrogens is 103 g/mol. The Morgan fingerprint density at radius 1 is 0.750 bits per heavy atom. The van der Waals surface area contributed by atoms with Crippen LogP contribution in [0.1, 0.15) is 0 Å². The molecule has 2 N–H and O–H groups in total. The zero-order valence-electron chi connectivity index (χ0n) is 1.68. The van der Waals surface area contributed by atoms with Crippen LogP contribution in [-0.2, 0) is 22.5 Å². The summed E-state index contributed by atoms with van der Waals surface area (Å²) < 4.78 is 0. The van der Waals surface area contributed by atoms with E-state index in [0.29, 0.717) is 0 Å². The van der Waals surface area contributed by atoms with Crippen LogP contribution in [0, 0.1) is 0 Å². The Kier molecular flexibility index (Phi) is 9770. The van der Waals surface area contributed by atoms with E-state index in [0.717, 1.165) is 0 Å². The molecule has 27 valence electrons. The van der Waals surface area contributed by atoms with Crippen molar-refractivity contribution in [1.82, 2.24) is 0 Å². The maximum atomic E-state index is 0. The van der Waals surface area contributed by atoms with E-state index in [1.54, 1.807) is 0 Å². The second kappa shape index (κ2) is 123. The van der Waals surface area contributed by atoms with Gasteiger partial charge >= 0.3 is 17.1 Å². The van der Waals surface area contributed by atoms with Crippen molar-refractivity contribution in [1.29, 1.82) is 0 Å². The van der Waals surface area contributed by atoms with E-state index in [2.05, 4.69) is 0 Å². The summed E-state index contributed by atoms with van der Waals surface area (Å²) in [6.45, 7) is 0. The summed E-state index contributed by atoms with van der Waals surface area (Å²) in [5.74, 6) is 0. The maximum Gasteiger partial charge on any atom is 4.00 e. The van der Waals surface area contributed by atoms with Gasteiger partial charge in [0.25, 0.3) is 0 Å². The molecule has 0 aromatic carbocycles. The Morgan fingerprint density at radius 2 is 0.750 bits per heavy atom. The smallest absolute Gasteiger partial charge is 2.00 e. The van der Waals surface area contributed by atoms with Crippen molar-refractivity contribution in [2.75, 3.05) is 0 Å². The molecule has 0 spiro atoms. The van der Waals surface area contributed by atoms with Crippen LogP contribution in [0.25, 0.3) is 0 Å². The van der Waals surface area contributed by atoms with Gasteiger partial charge in [0.2, 0.25) is 0 Å². The molecule has 0 aliphatic carbocycles. The fourth-order valence-electron chi connectivity index (χ4n) is 0. The van der Waals surface area contributed by atoms with Crippen LogP contribution in [0.3, 0.4) is 0 Å². The molecule has 0 atom stereocenters. The average molecular weight is 105 g/mol. The summed E-state index contributed by atoms with van der Waals surface area (Å²) in [6.07, 6.45) is 0. The van der Waals surface area contributed by atoms with Crippen LogP contribution in [0.15, 0.2) is 0 Å². The van der Waals surface area contributed by atoms with Crippen LogP contribution in [0.4, 0.5) is 0 Å². The van der Waals surface area contributed by atoms with Gasteiger partial charge in [0, 0.05) is 0 Å². The first kappa shape index (κ1) is 319. The van der Waals surface area contributed by atoms with Gasteiger partial charge in [-0.3, -0.25) is 0 Å². The summed E-state index contributed by atoms with van der Waals surface area (Å²) in [5.41, 5.74) is 0. The molecule has 0 unspecified atom stereocenters. The van der Waals surface area contributed by atoms with Crippen LogP contribution in [-0.4, -0.2) is 11.0 Å². The van der Waals surface area contributed by atoms with E-state index in [9.17, 15) is 0 Å². The van der Waals surface area contributed by atoms with Gasteiger partial charge in [-0.05, 0) is 0 Å². The number of rotatable bonds is 0. The molecule has 0 aromatic heterocycles. The molecule has 0 saturated carbocycles. The third-order valence-corrected chi connectivity index (χ3v) is 0. The zero-order valence-corrected chi connectivity index (χ0v) is 2.86. The largest absolute Gasteiger partial charge is 4.00 e. The molecule has 0 saturated heterocycles. The van der Waals surface area contributed by atoms with Gasteiger partial charge in [-0.2, -0.15) is 0 Å². The van der Waals surface area contributed by atoms with Gasteiger partial charge in [0.05, 0.1) is 0 Å². The first-order valence-electron chi connectivity index (χ1n) is 0. The van der Waals surface area contributed by atoms with E-state index in [1.165, 1.54) is 0 Å². The fourth-order valence-corrected chi connectivity index (χ4v) is 0. The predicted octanol–water partition coefficient (Wildman–Crippen LogP) is -0.475. The van der Waals surface area contributed by atoms with E-state index >= 15 is 0 Å². The summed E-state index contributed by atoms with van der Waals surface area (Å²) in [4.78, 5) is 0. The molecule has 0 fully saturated rings. The van der Waals surface area contributed by atoms with Crippen LogP contribution in [0.2, 0.25) is 0 Å². The second-order valence-corrected chi connectivity index (χ2v) is 0. The molecule has 4 heteroatoms. The molecule has 1 radical (unpaired) electrons. The fraction of sp³-hybridized carbons (Fsp3) is 0. The summed E-state index contributed by atoms with van der Waals surface area (Å²) >= 11 is 0. The SMILES string of the molecule is [Mn+4].[O-2].[OH-].[OH-]. The number of hydrogen-bond acceptors (Lipinski definition) is 2. The third-order valence-electron chi connectivity index (χ3n) is 0. The molecule has 0 rings (SSSR count). The molecule has 0 aliphatic heterocycles. The minimum absolute atomic E-state index is 0. The summed E-state index contributed by atoms with van der Waals surface area (Å²) in [5, 5.41) is 0. The maximum absolute atomic E-state index is 0. The molecule has 0 heterocycles. The Balaban J connectivity index is 0. The molecule has 3 nitrogen and oxygen atoms in total. The Hall–Kier alpha value is 0.399. The van der Waals surface area contributed by atoms with Crippen molar-refractivity contribution in [3.05, 3.63) is 0 Å². The molecule has 4 heavy (non-hydrogen) atoms. The van der Waals surface area contributed by atoms with Crippen LogP contribution in [0.5, 0.6) is 0 Å². The average Bonchev–Trinajstić information content (AvgIpc) is 0. The Labute approximate surface area is 34.4 Å². The van der Waals surface area contributed by atoms with E-state index in [4.69, 9.17) is 0 Å². The number of hydrogen-bond donors (Lipinski definition) is 0. The van der Waals surface area contributed by atoms with Gasteiger partial charge in [-0.15, -0.1) is 0 Å². The normalized spacial score (nSPS) is 0. The van der Waals surface area contributed by atoms with Gasteiger partial charge in [-0.1, -0.05) is 0 Å². The van der Waals surface area contributed by atoms with Crippen LogP contribution < -0.4 is 0 Å². The summed E-state index contributed by atoms with van der Waals surface area (Å²) in [7, 11) is 0.